The summed E-state index contributed by atoms with van der Waals surface area (Å²) >= 11 is 0. The lowest BCUT2D eigenvalue weighted by Crippen LogP contribution is -1.89. The lowest BCUT2D eigenvalue weighted by atomic mass is 10.0. The maximum absolute atomic E-state index is 13.1. The highest BCUT2D eigenvalue weighted by atomic mass is 19.1. The average Bonchev–Trinajstić information content (AvgIpc) is 2.07. The van der Waals surface area contributed by atoms with Crippen LogP contribution in [0.4, 0.5) is 4.39 Å². The molecule has 0 saturated carbocycles. The summed E-state index contributed by atoms with van der Waals surface area (Å²) in [5.74, 6) is -0.112. The van der Waals surface area contributed by atoms with Crippen LogP contribution in [0.5, 0.6) is 0 Å². The van der Waals surface area contributed by atoms with Crippen LogP contribution < -0.4 is 0 Å². The van der Waals surface area contributed by atoms with E-state index in [4.69, 9.17) is 0 Å². The van der Waals surface area contributed by atoms with Gasteiger partial charge < -0.3 is 0 Å². The minimum Gasteiger partial charge on any atom is -0.207 e. The second-order valence-electron chi connectivity index (χ2n) is 3.54. The van der Waals surface area contributed by atoms with Gasteiger partial charge in [-0.15, -0.1) is 6.58 Å². The molecule has 1 aromatic rings. The van der Waals surface area contributed by atoms with Crippen LogP contribution in [0, 0.1) is 12.7 Å². The first kappa shape index (κ1) is 9.97. The van der Waals surface area contributed by atoms with Gasteiger partial charge >= 0.3 is 0 Å². The SMILES string of the molecule is C=C(C)CCc1ccc(C)c(F)c1. The molecule has 0 saturated heterocycles. The summed E-state index contributed by atoms with van der Waals surface area (Å²) in [6, 6.07) is 5.41. The van der Waals surface area contributed by atoms with Crippen LogP contribution in [0.15, 0.2) is 30.4 Å². The molecule has 1 aromatic carbocycles. The Morgan fingerprint density at radius 1 is 1.46 bits per heavy atom. The summed E-state index contributed by atoms with van der Waals surface area (Å²) in [5.41, 5.74) is 2.89. The molecule has 0 amide bonds. The molecule has 0 spiro atoms. The van der Waals surface area contributed by atoms with Crippen LogP contribution in [0.25, 0.3) is 0 Å². The Bertz CT molecular complexity index is 313. The highest BCUT2D eigenvalue weighted by molar-refractivity contribution is 5.23. The summed E-state index contributed by atoms with van der Waals surface area (Å²) in [5, 5.41) is 0. The quantitative estimate of drug-likeness (QED) is 0.620. The van der Waals surface area contributed by atoms with Gasteiger partial charge in [0, 0.05) is 0 Å². The van der Waals surface area contributed by atoms with Crippen molar-refractivity contribution in [3.8, 4) is 0 Å². The Balaban J connectivity index is 2.68. The van der Waals surface area contributed by atoms with Crippen LogP contribution >= 0.6 is 0 Å². The molecule has 0 bridgehead atoms. The molecule has 0 aliphatic heterocycles. The topological polar surface area (TPSA) is 0 Å². The van der Waals surface area contributed by atoms with Crippen LogP contribution in [0.3, 0.4) is 0 Å². The Labute approximate surface area is 79.1 Å². The van der Waals surface area contributed by atoms with Gasteiger partial charge in [-0.1, -0.05) is 17.7 Å². The van der Waals surface area contributed by atoms with Crippen molar-refractivity contribution in [2.45, 2.75) is 26.7 Å². The Hall–Kier alpha value is -1.11. The summed E-state index contributed by atoms with van der Waals surface area (Å²) < 4.78 is 13.1. The fraction of sp³-hybridized carbons (Fsp3) is 0.333. The first-order valence-corrected chi connectivity index (χ1v) is 4.49. The Morgan fingerprint density at radius 3 is 2.69 bits per heavy atom. The number of halogens is 1. The zero-order valence-electron chi connectivity index (χ0n) is 8.23. The standard InChI is InChI=1S/C12H15F/c1-9(2)4-6-11-7-5-10(3)12(13)8-11/h5,7-8H,1,4,6H2,2-3H3. The lowest BCUT2D eigenvalue weighted by molar-refractivity contribution is 0.616. The molecule has 0 heterocycles. The number of aryl methyl sites for hydroxylation is 2. The van der Waals surface area contributed by atoms with Crippen molar-refractivity contribution in [1.82, 2.24) is 0 Å². The number of hydrogen-bond donors (Lipinski definition) is 0. The van der Waals surface area contributed by atoms with Gasteiger partial charge in [0.25, 0.3) is 0 Å². The van der Waals surface area contributed by atoms with Gasteiger partial charge in [0.2, 0.25) is 0 Å². The van der Waals surface area contributed by atoms with Gasteiger partial charge in [-0.3, -0.25) is 0 Å². The normalized spacial score (nSPS) is 10.1. The molecule has 0 aliphatic rings. The largest absolute Gasteiger partial charge is 0.207 e. The molecule has 70 valence electrons. The van der Waals surface area contributed by atoms with Gasteiger partial charge in [0.05, 0.1) is 0 Å². The fourth-order valence-electron chi connectivity index (χ4n) is 1.15. The zero-order chi connectivity index (χ0) is 9.84. The molecule has 0 unspecified atom stereocenters. The molecule has 0 aromatic heterocycles. The van der Waals surface area contributed by atoms with Gasteiger partial charge in [0.1, 0.15) is 5.82 Å². The van der Waals surface area contributed by atoms with E-state index in [1.54, 1.807) is 13.0 Å². The molecule has 0 radical (unpaired) electrons. The summed E-state index contributed by atoms with van der Waals surface area (Å²) in [4.78, 5) is 0. The van der Waals surface area contributed by atoms with E-state index in [1.807, 2.05) is 19.1 Å². The molecular weight excluding hydrogens is 163 g/mol. The Kier molecular flexibility index (Phi) is 3.24. The van der Waals surface area contributed by atoms with E-state index >= 15 is 0 Å². The predicted molar refractivity (Wildman–Crippen MR) is 54.3 cm³/mol. The van der Waals surface area contributed by atoms with E-state index in [0.717, 1.165) is 24.0 Å². The van der Waals surface area contributed by atoms with Crippen LogP contribution in [0.2, 0.25) is 0 Å². The smallest absolute Gasteiger partial charge is 0.126 e. The van der Waals surface area contributed by atoms with Gasteiger partial charge in [0.15, 0.2) is 0 Å². The van der Waals surface area contributed by atoms with Crippen molar-refractivity contribution in [2.75, 3.05) is 0 Å². The maximum atomic E-state index is 13.1. The highest BCUT2D eigenvalue weighted by Gasteiger charge is 1.98. The van der Waals surface area contributed by atoms with Gasteiger partial charge in [-0.05, 0) is 43.9 Å². The summed E-state index contributed by atoms with van der Waals surface area (Å²) in [6.45, 7) is 7.58. The molecular formula is C12H15F. The second kappa shape index (κ2) is 4.22. The number of hydrogen-bond acceptors (Lipinski definition) is 0. The van der Waals surface area contributed by atoms with Crippen molar-refractivity contribution in [3.05, 3.63) is 47.3 Å². The third kappa shape index (κ3) is 3.02. The molecule has 0 nitrogen and oxygen atoms in total. The van der Waals surface area contributed by atoms with Crippen molar-refractivity contribution in [2.24, 2.45) is 0 Å². The maximum Gasteiger partial charge on any atom is 0.126 e. The molecule has 1 rings (SSSR count). The monoisotopic (exact) mass is 178 g/mol. The van der Waals surface area contributed by atoms with E-state index in [9.17, 15) is 4.39 Å². The molecule has 1 heteroatoms. The van der Waals surface area contributed by atoms with Crippen molar-refractivity contribution in [3.63, 3.8) is 0 Å². The zero-order valence-corrected chi connectivity index (χ0v) is 8.23. The first-order valence-electron chi connectivity index (χ1n) is 4.49. The second-order valence-corrected chi connectivity index (χ2v) is 3.54. The van der Waals surface area contributed by atoms with Crippen molar-refractivity contribution in [1.29, 1.82) is 0 Å². The van der Waals surface area contributed by atoms with Crippen molar-refractivity contribution >= 4 is 0 Å². The van der Waals surface area contributed by atoms with E-state index in [-0.39, 0.29) is 5.82 Å². The Morgan fingerprint density at radius 2 is 2.15 bits per heavy atom. The first-order chi connectivity index (χ1) is 6.09. The minimum atomic E-state index is -0.112. The third-order valence-corrected chi connectivity index (χ3v) is 2.08. The van der Waals surface area contributed by atoms with E-state index < -0.39 is 0 Å². The lowest BCUT2D eigenvalue weighted by Gasteiger charge is -2.02. The van der Waals surface area contributed by atoms with Crippen molar-refractivity contribution < 1.29 is 4.39 Å². The molecule has 0 aliphatic carbocycles. The summed E-state index contributed by atoms with van der Waals surface area (Å²) in [7, 11) is 0. The van der Waals surface area contributed by atoms with Gasteiger partial charge in [-0.25, -0.2) is 4.39 Å². The minimum absolute atomic E-state index is 0.112. The molecule has 0 atom stereocenters. The summed E-state index contributed by atoms with van der Waals surface area (Å²) in [6.07, 6.45) is 1.81. The molecule has 0 fully saturated rings. The van der Waals surface area contributed by atoms with E-state index in [2.05, 4.69) is 6.58 Å². The third-order valence-electron chi connectivity index (χ3n) is 2.08. The average molecular weight is 178 g/mol. The van der Waals surface area contributed by atoms with Crippen LogP contribution in [-0.2, 0) is 6.42 Å². The van der Waals surface area contributed by atoms with E-state index in [0.29, 0.717) is 5.56 Å². The van der Waals surface area contributed by atoms with E-state index in [1.165, 1.54) is 0 Å². The van der Waals surface area contributed by atoms with Crippen LogP contribution in [-0.4, -0.2) is 0 Å². The van der Waals surface area contributed by atoms with Crippen LogP contribution in [0.1, 0.15) is 24.5 Å². The molecule has 0 N–H and O–H groups in total. The molecule has 13 heavy (non-hydrogen) atoms. The number of benzene rings is 1. The number of allylic oxidation sites excluding steroid dienone is 1. The fourth-order valence-corrected chi connectivity index (χ4v) is 1.15. The highest BCUT2D eigenvalue weighted by Crippen LogP contribution is 2.12. The number of rotatable bonds is 3. The van der Waals surface area contributed by atoms with Gasteiger partial charge in [-0.2, -0.15) is 0 Å². The predicted octanol–water partition coefficient (Wildman–Crippen LogP) is 3.64.